The Hall–Kier alpha value is -1.14. The SMILES string of the molecule is C[C@@H](N)C(=O)N[C@@H](CCCCN)C(=O)O. The molecule has 0 aromatic carbocycles. The minimum atomic E-state index is -1.04. The first-order valence-corrected chi connectivity index (χ1v) is 4.98. The molecule has 0 unspecified atom stereocenters. The van der Waals surface area contributed by atoms with Crippen LogP contribution in [-0.2, 0) is 9.59 Å². The van der Waals surface area contributed by atoms with Gasteiger partial charge in [-0.3, -0.25) is 4.79 Å². The van der Waals surface area contributed by atoms with Gasteiger partial charge in [0.2, 0.25) is 5.91 Å². The van der Waals surface area contributed by atoms with Crippen molar-refractivity contribution in [1.82, 2.24) is 5.32 Å². The van der Waals surface area contributed by atoms with E-state index in [1.807, 2.05) is 0 Å². The van der Waals surface area contributed by atoms with E-state index in [0.29, 0.717) is 19.4 Å². The van der Waals surface area contributed by atoms with Crippen LogP contribution in [-0.4, -0.2) is 35.6 Å². The molecule has 0 fully saturated rings. The highest BCUT2D eigenvalue weighted by atomic mass is 16.4. The Morgan fingerprint density at radius 2 is 2.00 bits per heavy atom. The highest BCUT2D eigenvalue weighted by Crippen LogP contribution is 2.00. The van der Waals surface area contributed by atoms with Crippen LogP contribution in [0.2, 0.25) is 0 Å². The second-order valence-electron chi connectivity index (χ2n) is 3.47. The minimum absolute atomic E-state index is 0.380. The summed E-state index contributed by atoms with van der Waals surface area (Å²) in [5.74, 6) is -1.49. The van der Waals surface area contributed by atoms with E-state index in [2.05, 4.69) is 5.32 Å². The van der Waals surface area contributed by atoms with E-state index in [9.17, 15) is 9.59 Å². The molecule has 0 saturated carbocycles. The van der Waals surface area contributed by atoms with Crippen molar-refractivity contribution in [3.05, 3.63) is 0 Å². The van der Waals surface area contributed by atoms with E-state index in [-0.39, 0.29) is 0 Å². The number of carbonyl (C=O) groups is 2. The zero-order valence-electron chi connectivity index (χ0n) is 8.90. The van der Waals surface area contributed by atoms with E-state index in [4.69, 9.17) is 16.6 Å². The normalized spacial score (nSPS) is 14.3. The van der Waals surface area contributed by atoms with Gasteiger partial charge in [-0.1, -0.05) is 0 Å². The molecule has 0 aromatic heterocycles. The summed E-state index contributed by atoms with van der Waals surface area (Å²) < 4.78 is 0. The molecule has 0 spiro atoms. The number of aliphatic carboxylic acids is 1. The fourth-order valence-electron chi connectivity index (χ4n) is 1.05. The molecular weight excluding hydrogens is 198 g/mol. The maximum atomic E-state index is 11.2. The van der Waals surface area contributed by atoms with Gasteiger partial charge in [0, 0.05) is 0 Å². The molecule has 1 amide bonds. The van der Waals surface area contributed by atoms with Gasteiger partial charge in [0.15, 0.2) is 0 Å². The van der Waals surface area contributed by atoms with Crippen molar-refractivity contribution >= 4 is 11.9 Å². The summed E-state index contributed by atoms with van der Waals surface area (Å²) in [6, 6.07) is -1.56. The van der Waals surface area contributed by atoms with Gasteiger partial charge in [0.05, 0.1) is 6.04 Å². The number of unbranched alkanes of at least 4 members (excludes halogenated alkanes) is 1. The first-order valence-electron chi connectivity index (χ1n) is 4.98. The van der Waals surface area contributed by atoms with Gasteiger partial charge in [0.1, 0.15) is 6.04 Å². The highest BCUT2D eigenvalue weighted by Gasteiger charge is 2.20. The molecule has 0 bridgehead atoms. The smallest absolute Gasteiger partial charge is 0.326 e. The Morgan fingerprint density at radius 1 is 1.40 bits per heavy atom. The van der Waals surface area contributed by atoms with Crippen LogP contribution in [0.15, 0.2) is 0 Å². The van der Waals surface area contributed by atoms with Gasteiger partial charge in [0.25, 0.3) is 0 Å². The van der Waals surface area contributed by atoms with Crippen LogP contribution in [0.1, 0.15) is 26.2 Å². The quantitative estimate of drug-likeness (QED) is 0.409. The molecule has 0 aromatic rings. The van der Waals surface area contributed by atoms with Crippen LogP contribution in [0.4, 0.5) is 0 Å². The Bertz CT molecular complexity index is 219. The number of carbonyl (C=O) groups excluding carboxylic acids is 1. The third kappa shape index (κ3) is 6.03. The van der Waals surface area contributed by atoms with Crippen LogP contribution in [0, 0.1) is 0 Å². The number of nitrogens with two attached hydrogens (primary N) is 2. The Labute approximate surface area is 89.0 Å². The molecule has 0 saturated heterocycles. The van der Waals surface area contributed by atoms with E-state index in [0.717, 1.165) is 6.42 Å². The molecule has 0 aliphatic heterocycles. The van der Waals surface area contributed by atoms with Gasteiger partial charge >= 0.3 is 5.97 Å². The molecule has 0 heterocycles. The van der Waals surface area contributed by atoms with E-state index in [1.54, 1.807) is 0 Å². The van der Waals surface area contributed by atoms with Crippen LogP contribution in [0.3, 0.4) is 0 Å². The lowest BCUT2D eigenvalue weighted by atomic mass is 10.1. The molecule has 6 nitrogen and oxygen atoms in total. The largest absolute Gasteiger partial charge is 0.480 e. The van der Waals surface area contributed by atoms with Crippen molar-refractivity contribution in [3.8, 4) is 0 Å². The molecule has 2 atom stereocenters. The molecule has 0 rings (SSSR count). The molecule has 15 heavy (non-hydrogen) atoms. The van der Waals surface area contributed by atoms with Crippen molar-refractivity contribution in [3.63, 3.8) is 0 Å². The number of carboxylic acid groups (broad SMARTS) is 1. The lowest BCUT2D eigenvalue weighted by molar-refractivity contribution is -0.142. The maximum Gasteiger partial charge on any atom is 0.326 e. The number of rotatable bonds is 7. The third-order valence-corrected chi connectivity index (χ3v) is 1.98. The molecule has 0 radical (unpaired) electrons. The monoisotopic (exact) mass is 217 g/mol. The third-order valence-electron chi connectivity index (χ3n) is 1.98. The summed E-state index contributed by atoms with van der Waals surface area (Å²) in [4.78, 5) is 21.9. The topological polar surface area (TPSA) is 118 Å². The predicted molar refractivity (Wildman–Crippen MR) is 56.1 cm³/mol. The lowest BCUT2D eigenvalue weighted by Crippen LogP contribution is -2.47. The van der Waals surface area contributed by atoms with Crippen molar-refractivity contribution < 1.29 is 14.7 Å². The Balaban J connectivity index is 4.05. The summed E-state index contributed by atoms with van der Waals surface area (Å²) in [6.45, 7) is 2.03. The number of nitrogens with one attached hydrogen (secondary N) is 1. The number of carboxylic acids is 1. The van der Waals surface area contributed by atoms with Gasteiger partial charge < -0.3 is 21.9 Å². The van der Waals surface area contributed by atoms with Crippen molar-refractivity contribution in [2.24, 2.45) is 11.5 Å². The summed E-state index contributed by atoms with van der Waals surface area (Å²) in [5, 5.41) is 11.2. The van der Waals surface area contributed by atoms with E-state index < -0.39 is 24.0 Å². The van der Waals surface area contributed by atoms with E-state index in [1.165, 1.54) is 6.92 Å². The molecule has 6 N–H and O–H groups in total. The van der Waals surface area contributed by atoms with Gasteiger partial charge in [-0.2, -0.15) is 0 Å². The molecule has 88 valence electrons. The average molecular weight is 217 g/mol. The molecule has 0 aliphatic carbocycles. The van der Waals surface area contributed by atoms with Gasteiger partial charge in [-0.15, -0.1) is 0 Å². The molecule has 6 heteroatoms. The summed E-state index contributed by atoms with van der Waals surface area (Å²) in [5.41, 5.74) is 10.6. The number of hydrogen-bond donors (Lipinski definition) is 4. The maximum absolute atomic E-state index is 11.2. The van der Waals surface area contributed by atoms with Crippen molar-refractivity contribution in [2.45, 2.75) is 38.3 Å². The number of hydrogen-bond acceptors (Lipinski definition) is 4. The Kier molecular flexibility index (Phi) is 6.64. The highest BCUT2D eigenvalue weighted by molar-refractivity contribution is 5.86. The van der Waals surface area contributed by atoms with Crippen LogP contribution in [0.25, 0.3) is 0 Å². The minimum Gasteiger partial charge on any atom is -0.480 e. The second-order valence-corrected chi connectivity index (χ2v) is 3.47. The Morgan fingerprint density at radius 3 is 2.40 bits per heavy atom. The zero-order chi connectivity index (χ0) is 11.8. The number of amides is 1. The van der Waals surface area contributed by atoms with E-state index >= 15 is 0 Å². The second kappa shape index (κ2) is 7.19. The standard InChI is InChI=1S/C9H19N3O3/c1-6(11)8(13)12-7(9(14)15)4-2-3-5-10/h6-7H,2-5,10-11H2,1H3,(H,12,13)(H,14,15)/t6-,7+/m1/s1. The summed E-state index contributed by atoms with van der Waals surface area (Å²) in [6.07, 6.45) is 1.80. The van der Waals surface area contributed by atoms with Crippen LogP contribution < -0.4 is 16.8 Å². The lowest BCUT2D eigenvalue weighted by Gasteiger charge is -2.15. The van der Waals surface area contributed by atoms with Gasteiger partial charge in [-0.25, -0.2) is 4.79 Å². The first-order chi connectivity index (χ1) is 6.99. The van der Waals surface area contributed by atoms with Crippen molar-refractivity contribution in [2.75, 3.05) is 6.54 Å². The van der Waals surface area contributed by atoms with Crippen LogP contribution in [0.5, 0.6) is 0 Å². The van der Waals surface area contributed by atoms with Crippen LogP contribution >= 0.6 is 0 Å². The average Bonchev–Trinajstić information content (AvgIpc) is 2.15. The molecule has 0 aliphatic rings. The predicted octanol–water partition coefficient (Wildman–Crippen LogP) is -0.968. The van der Waals surface area contributed by atoms with Gasteiger partial charge in [-0.05, 0) is 32.7 Å². The van der Waals surface area contributed by atoms with Crippen molar-refractivity contribution in [1.29, 1.82) is 0 Å². The fraction of sp³-hybridized carbons (Fsp3) is 0.778. The zero-order valence-corrected chi connectivity index (χ0v) is 8.90. The summed E-state index contributed by atoms with van der Waals surface area (Å²) in [7, 11) is 0. The summed E-state index contributed by atoms with van der Waals surface area (Å²) >= 11 is 0. The fourth-order valence-corrected chi connectivity index (χ4v) is 1.05. The first kappa shape index (κ1) is 13.9. The molecular formula is C9H19N3O3.